The third-order valence-electron chi connectivity index (χ3n) is 4.94. The van der Waals surface area contributed by atoms with Crippen LogP contribution < -0.4 is 10.6 Å². The number of anilines is 2. The van der Waals surface area contributed by atoms with Crippen LogP contribution in [0.1, 0.15) is 39.5 Å². The summed E-state index contributed by atoms with van der Waals surface area (Å²) in [6, 6.07) is 19.2. The zero-order valence-corrected chi connectivity index (χ0v) is 18.6. The normalized spacial score (nSPS) is 13.6. The van der Waals surface area contributed by atoms with E-state index in [2.05, 4.69) is 10.6 Å². The van der Waals surface area contributed by atoms with Crippen LogP contribution in [0.25, 0.3) is 0 Å². The summed E-state index contributed by atoms with van der Waals surface area (Å²) in [5.41, 5.74) is 3.99. The Morgan fingerprint density at radius 3 is 1.41 bits per heavy atom. The number of ether oxygens (including phenoxy) is 2. The Kier molecular flexibility index (Phi) is 8.49. The number of carbonyl (C=O) groups is 2. The van der Waals surface area contributed by atoms with Crippen molar-refractivity contribution in [2.45, 2.75) is 39.5 Å². The first kappa shape index (κ1) is 23.1. The van der Waals surface area contributed by atoms with Crippen molar-refractivity contribution in [1.29, 1.82) is 0 Å². The van der Waals surface area contributed by atoms with Gasteiger partial charge in [-0.3, -0.25) is 0 Å². The van der Waals surface area contributed by atoms with Crippen molar-refractivity contribution in [2.24, 2.45) is 0 Å². The zero-order valence-electron chi connectivity index (χ0n) is 18.6. The highest BCUT2D eigenvalue weighted by atomic mass is 16.5. The van der Waals surface area contributed by atoms with Gasteiger partial charge in [-0.15, -0.1) is 0 Å². The molecule has 0 bridgehead atoms. The van der Waals surface area contributed by atoms with E-state index in [0.29, 0.717) is 35.8 Å². The standard InChI is InChI=1S/C26H30N2O4/c1-3-15-31-25(29)21-17-24(28-20-13-9-6-10-14-20)22(26(30)32-16-4-2)18-23(21)27-19-11-7-5-8-12-19/h5-14,27-28H,3-4,15-18H2,1-2H3. The van der Waals surface area contributed by atoms with Gasteiger partial charge in [0.2, 0.25) is 0 Å². The van der Waals surface area contributed by atoms with Crippen molar-refractivity contribution in [3.63, 3.8) is 0 Å². The Hall–Kier alpha value is -3.54. The molecule has 0 unspecified atom stereocenters. The van der Waals surface area contributed by atoms with Crippen LogP contribution >= 0.6 is 0 Å². The number of rotatable bonds is 10. The largest absolute Gasteiger partial charge is 0.462 e. The summed E-state index contributed by atoms with van der Waals surface area (Å²) < 4.78 is 10.9. The lowest BCUT2D eigenvalue weighted by molar-refractivity contribution is -0.140. The number of hydrogen-bond donors (Lipinski definition) is 2. The van der Waals surface area contributed by atoms with Gasteiger partial charge in [-0.05, 0) is 37.1 Å². The van der Waals surface area contributed by atoms with Crippen LogP contribution in [0.4, 0.5) is 11.4 Å². The van der Waals surface area contributed by atoms with Crippen molar-refractivity contribution < 1.29 is 19.1 Å². The maximum atomic E-state index is 12.9. The van der Waals surface area contributed by atoms with Crippen LogP contribution in [-0.4, -0.2) is 25.2 Å². The van der Waals surface area contributed by atoms with E-state index < -0.39 is 0 Å². The fourth-order valence-corrected chi connectivity index (χ4v) is 3.37. The molecule has 0 aliphatic heterocycles. The van der Waals surface area contributed by atoms with E-state index >= 15 is 0 Å². The molecule has 0 saturated heterocycles. The second-order valence-electron chi connectivity index (χ2n) is 7.52. The summed E-state index contributed by atoms with van der Waals surface area (Å²) in [7, 11) is 0. The minimum atomic E-state index is -0.376. The van der Waals surface area contributed by atoms with Gasteiger partial charge in [0.05, 0.1) is 24.4 Å². The first-order valence-electron chi connectivity index (χ1n) is 11.0. The number of allylic oxidation sites excluding steroid dienone is 2. The topological polar surface area (TPSA) is 76.7 Å². The highest BCUT2D eigenvalue weighted by Crippen LogP contribution is 2.33. The molecule has 0 aromatic heterocycles. The maximum absolute atomic E-state index is 12.9. The molecule has 0 radical (unpaired) electrons. The fraction of sp³-hybridized carbons (Fsp3) is 0.308. The molecule has 0 amide bonds. The quantitative estimate of drug-likeness (QED) is 0.486. The van der Waals surface area contributed by atoms with Gasteiger partial charge in [0.15, 0.2) is 0 Å². The highest BCUT2D eigenvalue weighted by molar-refractivity contribution is 5.96. The smallest absolute Gasteiger partial charge is 0.336 e. The summed E-state index contributed by atoms with van der Waals surface area (Å²) in [6.07, 6.45) is 1.95. The lowest BCUT2D eigenvalue weighted by atomic mass is 9.92. The molecule has 0 fully saturated rings. The lowest BCUT2D eigenvalue weighted by Gasteiger charge is -2.26. The Morgan fingerprint density at radius 2 is 1.06 bits per heavy atom. The van der Waals surface area contributed by atoms with Crippen LogP contribution in [0, 0.1) is 0 Å². The number of benzene rings is 2. The third-order valence-corrected chi connectivity index (χ3v) is 4.94. The van der Waals surface area contributed by atoms with Crippen LogP contribution in [0.15, 0.2) is 83.2 Å². The average Bonchev–Trinajstić information content (AvgIpc) is 2.83. The van der Waals surface area contributed by atoms with Gasteiger partial charge in [-0.2, -0.15) is 0 Å². The molecule has 0 atom stereocenters. The molecular formula is C26H30N2O4. The van der Waals surface area contributed by atoms with E-state index in [9.17, 15) is 9.59 Å². The van der Waals surface area contributed by atoms with Gasteiger partial charge in [-0.1, -0.05) is 50.2 Å². The second-order valence-corrected chi connectivity index (χ2v) is 7.52. The van der Waals surface area contributed by atoms with E-state index in [1.807, 2.05) is 74.5 Å². The first-order valence-corrected chi connectivity index (χ1v) is 11.0. The number of carbonyl (C=O) groups excluding carboxylic acids is 2. The van der Waals surface area contributed by atoms with Crippen LogP contribution in [0.3, 0.4) is 0 Å². The maximum Gasteiger partial charge on any atom is 0.336 e. The summed E-state index contributed by atoms with van der Waals surface area (Å²) in [5.74, 6) is -0.753. The molecule has 2 aromatic carbocycles. The van der Waals surface area contributed by atoms with Crippen molar-refractivity contribution in [2.75, 3.05) is 23.8 Å². The summed E-state index contributed by atoms with van der Waals surface area (Å²) in [4.78, 5) is 25.8. The van der Waals surface area contributed by atoms with E-state index in [0.717, 1.165) is 24.2 Å². The van der Waals surface area contributed by atoms with Crippen molar-refractivity contribution in [3.05, 3.63) is 83.2 Å². The number of nitrogens with one attached hydrogen (secondary N) is 2. The van der Waals surface area contributed by atoms with Crippen LogP contribution in [0.2, 0.25) is 0 Å². The molecule has 0 heterocycles. The summed E-state index contributed by atoms with van der Waals surface area (Å²) in [6.45, 7) is 4.60. The zero-order chi connectivity index (χ0) is 22.8. The van der Waals surface area contributed by atoms with E-state index in [1.54, 1.807) is 0 Å². The molecule has 0 saturated carbocycles. The van der Waals surface area contributed by atoms with Crippen molar-refractivity contribution >= 4 is 23.3 Å². The molecule has 6 heteroatoms. The summed E-state index contributed by atoms with van der Waals surface area (Å²) >= 11 is 0. The minimum absolute atomic E-state index is 0.239. The van der Waals surface area contributed by atoms with Gasteiger partial charge in [0.1, 0.15) is 0 Å². The first-order chi connectivity index (χ1) is 15.6. The molecule has 168 valence electrons. The molecule has 0 spiro atoms. The molecule has 3 rings (SSSR count). The highest BCUT2D eigenvalue weighted by Gasteiger charge is 2.30. The SMILES string of the molecule is CCCOC(=O)C1=C(Nc2ccccc2)CC(C(=O)OCCC)=C(Nc2ccccc2)C1. The van der Waals surface area contributed by atoms with Crippen molar-refractivity contribution in [1.82, 2.24) is 0 Å². The minimum Gasteiger partial charge on any atom is -0.462 e. The Morgan fingerprint density at radius 1 is 0.688 bits per heavy atom. The van der Waals surface area contributed by atoms with E-state index in [4.69, 9.17) is 9.47 Å². The van der Waals surface area contributed by atoms with Gasteiger partial charge in [0, 0.05) is 35.6 Å². The third kappa shape index (κ3) is 6.23. The number of para-hydroxylation sites is 2. The molecule has 1 aliphatic carbocycles. The molecular weight excluding hydrogens is 404 g/mol. The van der Waals surface area contributed by atoms with E-state index in [-0.39, 0.29) is 24.8 Å². The van der Waals surface area contributed by atoms with E-state index in [1.165, 1.54) is 0 Å². The van der Waals surface area contributed by atoms with Gasteiger partial charge in [-0.25, -0.2) is 9.59 Å². The Labute approximate surface area is 189 Å². The molecule has 1 aliphatic rings. The average molecular weight is 435 g/mol. The molecule has 32 heavy (non-hydrogen) atoms. The molecule has 2 aromatic rings. The number of hydrogen-bond acceptors (Lipinski definition) is 6. The predicted molar refractivity (Wildman–Crippen MR) is 126 cm³/mol. The summed E-state index contributed by atoms with van der Waals surface area (Å²) in [5, 5.41) is 6.65. The van der Waals surface area contributed by atoms with Gasteiger partial charge in [0.25, 0.3) is 0 Å². The fourth-order valence-electron chi connectivity index (χ4n) is 3.37. The lowest BCUT2D eigenvalue weighted by Crippen LogP contribution is -2.25. The molecule has 2 N–H and O–H groups in total. The van der Waals surface area contributed by atoms with Gasteiger partial charge >= 0.3 is 11.9 Å². The molecule has 6 nitrogen and oxygen atoms in total. The Balaban J connectivity index is 1.96. The van der Waals surface area contributed by atoms with Gasteiger partial charge < -0.3 is 20.1 Å². The second kappa shape index (κ2) is 11.7. The predicted octanol–water partition coefficient (Wildman–Crippen LogP) is 5.42. The number of esters is 2. The van der Waals surface area contributed by atoms with Crippen LogP contribution in [0.5, 0.6) is 0 Å². The van der Waals surface area contributed by atoms with Crippen molar-refractivity contribution in [3.8, 4) is 0 Å². The van der Waals surface area contributed by atoms with Crippen LogP contribution in [-0.2, 0) is 19.1 Å². The Bertz CT molecular complexity index is 900. The monoisotopic (exact) mass is 434 g/mol.